The Kier molecular flexibility index (Phi) is 8.62. The molecule has 2 saturated heterocycles. The van der Waals surface area contributed by atoms with Crippen molar-refractivity contribution in [2.75, 3.05) is 33.9 Å². The molecule has 0 spiro atoms. The molecule has 2 unspecified atom stereocenters. The van der Waals surface area contributed by atoms with Crippen LogP contribution < -0.4 is 10.6 Å². The Morgan fingerprint density at radius 2 is 2.05 bits per heavy atom. The van der Waals surface area contributed by atoms with Crippen molar-refractivity contribution in [1.29, 1.82) is 0 Å². The Balaban J connectivity index is 0.000000262. The lowest BCUT2D eigenvalue weighted by Gasteiger charge is -2.42. The molecule has 5 nitrogen and oxygen atoms in total. The van der Waals surface area contributed by atoms with E-state index in [1.54, 1.807) is 14.2 Å². The fourth-order valence-electron chi connectivity index (χ4n) is 3.03. The number of hydrogen-bond acceptors (Lipinski definition) is 5. The van der Waals surface area contributed by atoms with Gasteiger partial charge in [-0.15, -0.1) is 0 Å². The Labute approximate surface area is 134 Å². The molecule has 2 fully saturated rings. The lowest BCUT2D eigenvalue weighted by atomic mass is 9.95. The molecule has 0 bridgehead atoms. The Hall–Kier alpha value is 0.234. The van der Waals surface area contributed by atoms with E-state index < -0.39 is 8.80 Å². The molecule has 0 aromatic rings. The average molecular weight is 335 g/mol. The molecule has 21 heavy (non-hydrogen) atoms. The number of nitrogens with one attached hydrogen (secondary N) is 2. The Morgan fingerprint density at radius 3 is 2.48 bits per heavy atom. The maximum absolute atomic E-state index is 6.09. The molecule has 2 heterocycles. The maximum Gasteiger partial charge on any atom is 0.500 e. The van der Waals surface area contributed by atoms with Crippen LogP contribution in [0, 0.1) is 0 Å². The SMILES string of the molecule is CCCC1(C)CCC[Si](OC)(OC)O1.[SiH3]C1CNCCN1. The van der Waals surface area contributed by atoms with Gasteiger partial charge in [0.15, 0.2) is 0 Å². The third-order valence-electron chi connectivity index (χ3n) is 4.24. The molecule has 2 aliphatic rings. The first-order valence-electron chi connectivity index (χ1n) is 8.24. The first kappa shape index (κ1) is 19.3. The van der Waals surface area contributed by atoms with Crippen LogP contribution in [0.2, 0.25) is 6.04 Å². The minimum atomic E-state index is -2.30. The molecule has 2 aliphatic heterocycles. The molecule has 0 amide bonds. The summed E-state index contributed by atoms with van der Waals surface area (Å²) in [5.74, 6) is 0. The summed E-state index contributed by atoms with van der Waals surface area (Å²) in [6, 6.07) is 0.958. The van der Waals surface area contributed by atoms with Crippen molar-refractivity contribution in [2.45, 2.75) is 56.8 Å². The molecule has 7 heteroatoms. The first-order chi connectivity index (χ1) is 9.99. The molecular formula is C14H34N2O3Si2. The molecule has 0 aromatic heterocycles. The maximum atomic E-state index is 6.09. The highest BCUT2D eigenvalue weighted by Gasteiger charge is 2.48. The van der Waals surface area contributed by atoms with Crippen LogP contribution in [0.15, 0.2) is 0 Å². The van der Waals surface area contributed by atoms with Crippen molar-refractivity contribution in [3.63, 3.8) is 0 Å². The van der Waals surface area contributed by atoms with Gasteiger partial charge in [-0.25, -0.2) is 0 Å². The van der Waals surface area contributed by atoms with Gasteiger partial charge in [0.05, 0.1) is 5.60 Å². The standard InChI is InChI=1S/C10H22O3Si.C4H12N2Si/c1-5-7-10(2)8-6-9-14(11-3,12-4)13-10;7-4-3-5-1-2-6-4/h5-9H2,1-4H3;4-6H,1-3H2,7H3. The summed E-state index contributed by atoms with van der Waals surface area (Å²) in [7, 11) is 2.38. The fraction of sp³-hybridized carbons (Fsp3) is 1.00. The number of rotatable bonds is 4. The van der Waals surface area contributed by atoms with Crippen LogP contribution in [0.25, 0.3) is 0 Å². The fourth-order valence-corrected chi connectivity index (χ4v) is 6.02. The van der Waals surface area contributed by atoms with Crippen molar-refractivity contribution in [1.82, 2.24) is 10.6 Å². The highest BCUT2D eigenvalue weighted by Crippen LogP contribution is 2.36. The highest BCUT2D eigenvalue weighted by atomic mass is 28.4. The normalized spacial score (nSPS) is 32.3. The van der Waals surface area contributed by atoms with E-state index in [9.17, 15) is 0 Å². The van der Waals surface area contributed by atoms with Gasteiger partial charge in [-0.1, -0.05) is 13.3 Å². The molecule has 2 rings (SSSR count). The van der Waals surface area contributed by atoms with Crippen LogP contribution in [0.1, 0.15) is 39.5 Å². The third-order valence-corrected chi connectivity index (χ3v) is 8.07. The van der Waals surface area contributed by atoms with Crippen molar-refractivity contribution in [2.24, 2.45) is 0 Å². The van der Waals surface area contributed by atoms with Gasteiger partial charge in [-0.05, 0) is 26.2 Å². The van der Waals surface area contributed by atoms with Gasteiger partial charge in [-0.3, -0.25) is 0 Å². The molecule has 126 valence electrons. The van der Waals surface area contributed by atoms with E-state index in [0.717, 1.165) is 50.5 Å². The van der Waals surface area contributed by atoms with Crippen LogP contribution in [0.4, 0.5) is 0 Å². The van der Waals surface area contributed by atoms with E-state index in [4.69, 9.17) is 13.3 Å². The molecule has 2 N–H and O–H groups in total. The second-order valence-corrected chi connectivity index (χ2v) is 10.6. The van der Waals surface area contributed by atoms with Crippen molar-refractivity contribution < 1.29 is 13.3 Å². The summed E-state index contributed by atoms with van der Waals surface area (Å²) >= 11 is 0. The molecular weight excluding hydrogens is 300 g/mol. The number of hydrogen-bond donors (Lipinski definition) is 2. The van der Waals surface area contributed by atoms with Crippen molar-refractivity contribution in [3.05, 3.63) is 0 Å². The predicted octanol–water partition coefficient (Wildman–Crippen LogP) is 0.458. The zero-order chi connectivity index (χ0) is 15.8. The lowest BCUT2D eigenvalue weighted by molar-refractivity contribution is -0.0341. The predicted molar refractivity (Wildman–Crippen MR) is 92.8 cm³/mol. The van der Waals surface area contributed by atoms with E-state index in [2.05, 4.69) is 24.5 Å². The zero-order valence-electron chi connectivity index (χ0n) is 14.5. The van der Waals surface area contributed by atoms with Crippen LogP contribution in [-0.4, -0.2) is 64.2 Å². The molecule has 2 atom stereocenters. The Bertz CT molecular complexity index is 283. The van der Waals surface area contributed by atoms with Crippen LogP contribution in [0.3, 0.4) is 0 Å². The van der Waals surface area contributed by atoms with Crippen LogP contribution >= 0.6 is 0 Å². The van der Waals surface area contributed by atoms with Crippen molar-refractivity contribution in [3.8, 4) is 0 Å². The first-order valence-corrected chi connectivity index (χ1v) is 11.3. The van der Waals surface area contributed by atoms with Gasteiger partial charge in [0.2, 0.25) is 0 Å². The highest BCUT2D eigenvalue weighted by molar-refractivity contribution is 6.60. The summed E-state index contributed by atoms with van der Waals surface area (Å²) in [5.41, 5.74) is 0.791. The van der Waals surface area contributed by atoms with Gasteiger partial charge >= 0.3 is 8.80 Å². The van der Waals surface area contributed by atoms with Gasteiger partial charge in [0.1, 0.15) is 0 Å². The minimum absolute atomic E-state index is 0.0226. The summed E-state index contributed by atoms with van der Waals surface area (Å²) in [5, 5.41) is 6.69. The monoisotopic (exact) mass is 334 g/mol. The van der Waals surface area contributed by atoms with Gasteiger partial charge < -0.3 is 23.9 Å². The van der Waals surface area contributed by atoms with Gasteiger partial charge in [0.25, 0.3) is 0 Å². The summed E-state index contributed by atoms with van der Waals surface area (Å²) in [4.78, 5) is 0. The second kappa shape index (κ2) is 9.39. The summed E-state index contributed by atoms with van der Waals surface area (Å²) < 4.78 is 17.0. The largest absolute Gasteiger partial charge is 0.500 e. The van der Waals surface area contributed by atoms with E-state index in [1.165, 1.54) is 16.8 Å². The van der Waals surface area contributed by atoms with E-state index >= 15 is 0 Å². The summed E-state index contributed by atoms with van der Waals surface area (Å²) in [6.07, 6.45) is 4.52. The van der Waals surface area contributed by atoms with Crippen LogP contribution in [0.5, 0.6) is 0 Å². The third kappa shape index (κ3) is 6.47. The molecule has 0 aliphatic carbocycles. The zero-order valence-corrected chi connectivity index (χ0v) is 17.5. The van der Waals surface area contributed by atoms with Gasteiger partial charge in [0, 0.05) is 55.8 Å². The Morgan fingerprint density at radius 1 is 1.33 bits per heavy atom. The van der Waals surface area contributed by atoms with E-state index in [1.807, 2.05) is 0 Å². The second-order valence-electron chi connectivity index (χ2n) is 6.31. The topological polar surface area (TPSA) is 51.8 Å². The van der Waals surface area contributed by atoms with E-state index in [-0.39, 0.29) is 5.60 Å². The van der Waals surface area contributed by atoms with Gasteiger partial charge in [-0.2, -0.15) is 0 Å². The molecule has 0 aromatic carbocycles. The van der Waals surface area contributed by atoms with Crippen molar-refractivity contribution >= 4 is 19.0 Å². The quantitative estimate of drug-likeness (QED) is 0.732. The molecule has 0 saturated carbocycles. The summed E-state index contributed by atoms with van der Waals surface area (Å²) in [6.45, 7) is 7.86. The smallest absolute Gasteiger partial charge is 0.377 e. The lowest BCUT2D eigenvalue weighted by Crippen LogP contribution is -2.54. The minimum Gasteiger partial charge on any atom is -0.377 e. The van der Waals surface area contributed by atoms with E-state index in [0.29, 0.717) is 0 Å². The van der Waals surface area contributed by atoms with Crippen LogP contribution in [-0.2, 0) is 13.3 Å². The average Bonchev–Trinajstić information content (AvgIpc) is 2.48. The molecule has 0 radical (unpaired) electrons. The number of piperazine rings is 1.